The number of likely N-dealkylation sites (N-methyl/N-ethyl adjacent to an activating group) is 1. The van der Waals surface area contributed by atoms with Crippen molar-refractivity contribution in [2.45, 2.75) is 45.9 Å². The third kappa shape index (κ3) is 4.43. The first-order chi connectivity index (χ1) is 11.9. The van der Waals surface area contributed by atoms with Gasteiger partial charge in [0.2, 0.25) is 5.91 Å². The van der Waals surface area contributed by atoms with E-state index in [2.05, 4.69) is 36.8 Å². The monoisotopic (exact) mass is 349 g/mol. The third-order valence-electron chi connectivity index (χ3n) is 5.39. The first-order valence-electron chi connectivity index (χ1n) is 9.29. The molecule has 0 aliphatic carbocycles. The fourth-order valence-electron chi connectivity index (χ4n) is 3.90. The first-order valence-corrected chi connectivity index (χ1v) is 9.29. The molecule has 6 heteroatoms. The molecule has 1 aromatic heterocycles. The Hall–Kier alpha value is -1.37. The summed E-state index contributed by atoms with van der Waals surface area (Å²) < 4.78 is 11.5. The molecule has 3 heterocycles. The van der Waals surface area contributed by atoms with Gasteiger partial charge < -0.3 is 24.3 Å². The van der Waals surface area contributed by atoms with Crippen LogP contribution < -0.4 is 0 Å². The fraction of sp³-hybridized carbons (Fsp3) is 0.737. The number of aromatic amines is 1. The van der Waals surface area contributed by atoms with Gasteiger partial charge in [-0.1, -0.05) is 0 Å². The zero-order valence-electron chi connectivity index (χ0n) is 15.9. The van der Waals surface area contributed by atoms with Crippen molar-refractivity contribution in [2.24, 2.45) is 5.92 Å². The normalized spacial score (nSPS) is 27.6. The van der Waals surface area contributed by atoms with E-state index in [4.69, 9.17) is 9.47 Å². The molecule has 0 radical (unpaired) electrons. The molecule has 0 bridgehead atoms. The maximum absolute atomic E-state index is 13.2. The van der Waals surface area contributed by atoms with Crippen molar-refractivity contribution in [1.29, 1.82) is 0 Å². The van der Waals surface area contributed by atoms with Gasteiger partial charge in [-0.3, -0.25) is 4.79 Å². The molecule has 2 aliphatic rings. The van der Waals surface area contributed by atoms with Gasteiger partial charge in [0.05, 0.1) is 24.7 Å². The number of rotatable bonds is 5. The second-order valence-corrected chi connectivity index (χ2v) is 7.55. The molecule has 0 spiro atoms. The lowest BCUT2D eigenvalue weighted by Crippen LogP contribution is -2.49. The second-order valence-electron chi connectivity index (χ2n) is 7.55. The van der Waals surface area contributed by atoms with Crippen molar-refractivity contribution in [3.63, 3.8) is 0 Å². The summed E-state index contributed by atoms with van der Waals surface area (Å²) in [7, 11) is 2.11. The Morgan fingerprint density at radius 2 is 2.16 bits per heavy atom. The van der Waals surface area contributed by atoms with E-state index in [-0.39, 0.29) is 24.0 Å². The molecule has 2 aliphatic heterocycles. The lowest BCUT2D eigenvalue weighted by molar-refractivity contribution is -0.141. The molecule has 25 heavy (non-hydrogen) atoms. The third-order valence-corrected chi connectivity index (χ3v) is 5.39. The summed E-state index contributed by atoms with van der Waals surface area (Å²) in [4.78, 5) is 20.8. The standard InChI is InChI=1S/C19H31N3O3/c1-13-9-16(14(2)20-13)10-22(12-17-11-21(4)6-8-25-17)19(23)18-5-7-24-15(18)3/h9,15,17-18,20H,5-8,10-12H2,1-4H3/t15-,17-,18+/m0/s1. The molecule has 1 amide bonds. The molecule has 6 nitrogen and oxygen atoms in total. The van der Waals surface area contributed by atoms with Crippen LogP contribution in [0.1, 0.15) is 30.3 Å². The average Bonchev–Trinajstić information content (AvgIpc) is 3.11. The van der Waals surface area contributed by atoms with E-state index >= 15 is 0 Å². The topological polar surface area (TPSA) is 57.8 Å². The molecular formula is C19H31N3O3. The Labute approximate surface area is 150 Å². The Bertz CT molecular complexity index is 601. The van der Waals surface area contributed by atoms with Crippen LogP contribution in [0.3, 0.4) is 0 Å². The van der Waals surface area contributed by atoms with Gasteiger partial charge >= 0.3 is 0 Å². The number of hydrogen-bond donors (Lipinski definition) is 1. The van der Waals surface area contributed by atoms with Crippen LogP contribution in [0.5, 0.6) is 0 Å². The number of nitrogens with one attached hydrogen (secondary N) is 1. The minimum absolute atomic E-state index is 0.000921. The van der Waals surface area contributed by atoms with E-state index in [0.29, 0.717) is 19.7 Å². The summed E-state index contributed by atoms with van der Waals surface area (Å²) in [5, 5.41) is 0. The number of hydrogen-bond acceptors (Lipinski definition) is 4. The number of aromatic nitrogens is 1. The molecule has 140 valence electrons. The van der Waals surface area contributed by atoms with Gasteiger partial charge in [0, 0.05) is 44.2 Å². The maximum atomic E-state index is 13.2. The van der Waals surface area contributed by atoms with Gasteiger partial charge in [-0.15, -0.1) is 0 Å². The van der Waals surface area contributed by atoms with Crippen LogP contribution >= 0.6 is 0 Å². The smallest absolute Gasteiger partial charge is 0.228 e. The van der Waals surface area contributed by atoms with Gasteiger partial charge in [0.1, 0.15) is 0 Å². The van der Waals surface area contributed by atoms with E-state index in [9.17, 15) is 4.79 Å². The van der Waals surface area contributed by atoms with E-state index in [1.54, 1.807) is 0 Å². The average molecular weight is 349 g/mol. The zero-order chi connectivity index (χ0) is 18.0. The van der Waals surface area contributed by atoms with E-state index in [1.165, 1.54) is 5.56 Å². The van der Waals surface area contributed by atoms with Crippen LogP contribution in [0.2, 0.25) is 0 Å². The van der Waals surface area contributed by atoms with E-state index in [1.807, 2.05) is 11.8 Å². The zero-order valence-corrected chi connectivity index (χ0v) is 15.9. The Kier molecular flexibility index (Phi) is 5.81. The summed E-state index contributed by atoms with van der Waals surface area (Å²) in [5.74, 6) is 0.154. The largest absolute Gasteiger partial charge is 0.378 e. The summed E-state index contributed by atoms with van der Waals surface area (Å²) >= 11 is 0. The molecule has 2 fully saturated rings. The van der Waals surface area contributed by atoms with Crippen molar-refractivity contribution in [3.8, 4) is 0 Å². The molecule has 0 saturated carbocycles. The number of nitrogens with zero attached hydrogens (tertiary/aromatic N) is 2. The molecule has 1 aromatic rings. The molecule has 2 saturated heterocycles. The summed E-state index contributed by atoms with van der Waals surface area (Å²) in [6, 6.07) is 2.14. The number of amides is 1. The molecule has 3 rings (SSSR count). The highest BCUT2D eigenvalue weighted by Crippen LogP contribution is 2.25. The van der Waals surface area contributed by atoms with Gasteiger partial charge in [-0.05, 0) is 45.9 Å². The van der Waals surface area contributed by atoms with Crippen LogP contribution in [0.25, 0.3) is 0 Å². The molecule has 3 atom stereocenters. The minimum atomic E-state index is -0.0401. The number of H-pyrrole nitrogens is 1. The van der Waals surface area contributed by atoms with Gasteiger partial charge in [-0.25, -0.2) is 0 Å². The molecule has 0 unspecified atom stereocenters. The Balaban J connectivity index is 1.75. The fourth-order valence-corrected chi connectivity index (χ4v) is 3.90. The van der Waals surface area contributed by atoms with Crippen molar-refractivity contribution < 1.29 is 14.3 Å². The predicted octanol–water partition coefficient (Wildman–Crippen LogP) is 1.72. The van der Waals surface area contributed by atoms with Crippen LogP contribution in [0.15, 0.2) is 6.07 Å². The summed E-state index contributed by atoms with van der Waals surface area (Å²) in [6.45, 7) is 10.6. The van der Waals surface area contributed by atoms with Crippen molar-refractivity contribution in [2.75, 3.05) is 39.9 Å². The minimum Gasteiger partial charge on any atom is -0.378 e. The first kappa shape index (κ1) is 18.4. The van der Waals surface area contributed by atoms with Crippen molar-refractivity contribution >= 4 is 5.91 Å². The summed E-state index contributed by atoms with van der Waals surface area (Å²) in [5.41, 5.74) is 3.44. The van der Waals surface area contributed by atoms with Crippen LogP contribution in [0, 0.1) is 19.8 Å². The second kappa shape index (κ2) is 7.89. The van der Waals surface area contributed by atoms with E-state index < -0.39 is 0 Å². The lowest BCUT2D eigenvalue weighted by Gasteiger charge is -2.35. The maximum Gasteiger partial charge on any atom is 0.228 e. The Morgan fingerprint density at radius 3 is 2.76 bits per heavy atom. The highest BCUT2D eigenvalue weighted by molar-refractivity contribution is 5.79. The number of ether oxygens (including phenoxy) is 2. The van der Waals surface area contributed by atoms with Crippen molar-refractivity contribution in [3.05, 3.63) is 23.0 Å². The van der Waals surface area contributed by atoms with Gasteiger partial charge in [0.15, 0.2) is 0 Å². The van der Waals surface area contributed by atoms with E-state index in [0.717, 1.165) is 37.5 Å². The number of morpholine rings is 1. The van der Waals surface area contributed by atoms with Crippen LogP contribution in [0.4, 0.5) is 0 Å². The highest BCUT2D eigenvalue weighted by atomic mass is 16.5. The number of carbonyl (C=O) groups excluding carboxylic acids is 1. The number of carbonyl (C=O) groups is 1. The Morgan fingerprint density at radius 1 is 1.36 bits per heavy atom. The molecular weight excluding hydrogens is 318 g/mol. The molecule has 0 aromatic carbocycles. The molecule has 1 N–H and O–H groups in total. The lowest BCUT2D eigenvalue weighted by atomic mass is 10.00. The van der Waals surface area contributed by atoms with Gasteiger partial charge in [-0.2, -0.15) is 0 Å². The van der Waals surface area contributed by atoms with Crippen LogP contribution in [-0.4, -0.2) is 72.8 Å². The summed E-state index contributed by atoms with van der Waals surface area (Å²) in [6.07, 6.45) is 0.882. The predicted molar refractivity (Wildman–Crippen MR) is 96.4 cm³/mol. The highest BCUT2D eigenvalue weighted by Gasteiger charge is 2.35. The quantitative estimate of drug-likeness (QED) is 0.879. The SMILES string of the molecule is Cc1cc(CN(C[C@@H]2CN(C)CCO2)C(=O)[C@@H]2CCO[C@H]2C)c(C)[nH]1. The van der Waals surface area contributed by atoms with Gasteiger partial charge in [0.25, 0.3) is 0 Å². The van der Waals surface area contributed by atoms with Crippen molar-refractivity contribution in [1.82, 2.24) is 14.8 Å². The van der Waals surface area contributed by atoms with Crippen LogP contribution in [-0.2, 0) is 20.8 Å². The number of aryl methyl sites for hydroxylation is 2.